The summed E-state index contributed by atoms with van der Waals surface area (Å²) in [6.45, 7) is 7.85. The Bertz CT molecular complexity index is 644. The summed E-state index contributed by atoms with van der Waals surface area (Å²) in [4.78, 5) is 13.5. The third-order valence-electron chi connectivity index (χ3n) is 4.42. The van der Waals surface area contributed by atoms with E-state index in [2.05, 4.69) is 32.0 Å². The van der Waals surface area contributed by atoms with Crippen LogP contribution >= 0.6 is 0 Å². The molecule has 25 heavy (non-hydrogen) atoms. The van der Waals surface area contributed by atoms with Crippen LogP contribution in [0, 0.1) is 5.82 Å². The molecule has 0 radical (unpaired) electrons. The van der Waals surface area contributed by atoms with Crippen molar-refractivity contribution in [2.24, 2.45) is 0 Å². The average molecular weight is 343 g/mol. The van der Waals surface area contributed by atoms with Crippen LogP contribution in [0.25, 0.3) is 0 Å². The summed E-state index contributed by atoms with van der Waals surface area (Å²) in [5.41, 5.74) is 2.23. The summed E-state index contributed by atoms with van der Waals surface area (Å²) in [5, 5.41) is 3.19. The highest BCUT2D eigenvalue weighted by molar-refractivity contribution is 5.46. The topological polar surface area (TPSA) is 44.3 Å². The van der Waals surface area contributed by atoms with Gasteiger partial charge in [-0.1, -0.05) is 6.92 Å². The SMILES string of the molecule is CCCNc1ncc(CN2CCCN(c3ccc(F)cc3)CC2)cn1. The van der Waals surface area contributed by atoms with Crippen molar-refractivity contribution in [1.82, 2.24) is 14.9 Å². The fourth-order valence-corrected chi connectivity index (χ4v) is 3.06. The van der Waals surface area contributed by atoms with Gasteiger partial charge in [0.2, 0.25) is 5.95 Å². The molecule has 1 N–H and O–H groups in total. The van der Waals surface area contributed by atoms with Crippen LogP contribution in [0.4, 0.5) is 16.0 Å². The smallest absolute Gasteiger partial charge is 0.222 e. The van der Waals surface area contributed by atoms with Gasteiger partial charge < -0.3 is 10.2 Å². The van der Waals surface area contributed by atoms with Gasteiger partial charge in [-0.2, -0.15) is 0 Å². The lowest BCUT2D eigenvalue weighted by Gasteiger charge is -2.23. The van der Waals surface area contributed by atoms with Crippen LogP contribution < -0.4 is 10.2 Å². The largest absolute Gasteiger partial charge is 0.370 e. The second-order valence-corrected chi connectivity index (χ2v) is 6.43. The van der Waals surface area contributed by atoms with Crippen LogP contribution in [0.15, 0.2) is 36.7 Å². The van der Waals surface area contributed by atoms with Gasteiger partial charge in [-0.25, -0.2) is 14.4 Å². The van der Waals surface area contributed by atoms with Gasteiger partial charge in [0.15, 0.2) is 0 Å². The number of nitrogens with zero attached hydrogens (tertiary/aromatic N) is 4. The molecule has 3 rings (SSSR count). The molecule has 1 saturated heterocycles. The zero-order valence-corrected chi connectivity index (χ0v) is 14.8. The van der Waals surface area contributed by atoms with E-state index in [9.17, 15) is 4.39 Å². The van der Waals surface area contributed by atoms with Gasteiger partial charge in [0.25, 0.3) is 0 Å². The van der Waals surface area contributed by atoms with Crippen molar-refractivity contribution < 1.29 is 4.39 Å². The van der Waals surface area contributed by atoms with E-state index in [1.165, 1.54) is 12.1 Å². The Morgan fingerprint density at radius 3 is 2.52 bits per heavy atom. The first-order valence-electron chi connectivity index (χ1n) is 9.02. The molecule has 1 aromatic heterocycles. The summed E-state index contributed by atoms with van der Waals surface area (Å²) in [6.07, 6.45) is 5.97. The fraction of sp³-hybridized carbons (Fsp3) is 0.474. The normalized spacial score (nSPS) is 15.8. The monoisotopic (exact) mass is 343 g/mol. The van der Waals surface area contributed by atoms with E-state index in [0.29, 0.717) is 5.95 Å². The van der Waals surface area contributed by atoms with Gasteiger partial charge in [-0.15, -0.1) is 0 Å². The molecule has 2 aromatic rings. The Morgan fingerprint density at radius 1 is 1.04 bits per heavy atom. The molecule has 5 nitrogen and oxygen atoms in total. The molecule has 0 amide bonds. The number of aromatic nitrogens is 2. The van der Waals surface area contributed by atoms with Gasteiger partial charge in [-0.05, 0) is 37.1 Å². The van der Waals surface area contributed by atoms with E-state index in [0.717, 1.165) is 63.4 Å². The lowest BCUT2D eigenvalue weighted by molar-refractivity contribution is 0.285. The van der Waals surface area contributed by atoms with Crippen molar-refractivity contribution in [3.8, 4) is 0 Å². The van der Waals surface area contributed by atoms with Crippen LogP contribution in [0.3, 0.4) is 0 Å². The second kappa shape index (κ2) is 8.76. The molecule has 1 fully saturated rings. The van der Waals surface area contributed by atoms with Gasteiger partial charge in [0.1, 0.15) is 5.82 Å². The number of rotatable bonds is 6. The first kappa shape index (κ1) is 17.6. The minimum absolute atomic E-state index is 0.183. The number of hydrogen-bond donors (Lipinski definition) is 1. The molecule has 134 valence electrons. The molecule has 0 bridgehead atoms. The van der Waals surface area contributed by atoms with Crippen molar-refractivity contribution in [3.63, 3.8) is 0 Å². The molecule has 1 aliphatic rings. The van der Waals surface area contributed by atoms with Crippen molar-refractivity contribution in [2.75, 3.05) is 42.9 Å². The second-order valence-electron chi connectivity index (χ2n) is 6.43. The number of anilines is 2. The average Bonchev–Trinajstić information content (AvgIpc) is 2.87. The molecule has 2 heterocycles. The molecule has 0 saturated carbocycles. The highest BCUT2D eigenvalue weighted by Gasteiger charge is 2.15. The molecule has 0 unspecified atom stereocenters. The zero-order valence-electron chi connectivity index (χ0n) is 14.8. The van der Waals surface area contributed by atoms with Crippen LogP contribution in [-0.2, 0) is 6.54 Å². The first-order chi connectivity index (χ1) is 12.2. The summed E-state index contributed by atoms with van der Waals surface area (Å²) in [5.74, 6) is 0.515. The standard InChI is InChI=1S/C19H26FN5/c1-2-8-21-19-22-13-16(14-23-19)15-24-9-3-10-25(12-11-24)18-6-4-17(20)5-7-18/h4-7,13-14H,2-3,8-12,15H2,1H3,(H,21,22,23). The van der Waals surface area contributed by atoms with Crippen molar-refractivity contribution >= 4 is 11.6 Å². The predicted octanol–water partition coefficient (Wildman–Crippen LogP) is 3.15. The molecular weight excluding hydrogens is 317 g/mol. The lowest BCUT2D eigenvalue weighted by atomic mass is 10.2. The van der Waals surface area contributed by atoms with Gasteiger partial charge in [-0.3, -0.25) is 4.90 Å². The predicted molar refractivity (Wildman–Crippen MR) is 99.3 cm³/mol. The van der Waals surface area contributed by atoms with Crippen LogP contribution in [0.2, 0.25) is 0 Å². The van der Waals surface area contributed by atoms with E-state index in [4.69, 9.17) is 0 Å². The molecular formula is C19H26FN5. The molecule has 0 aliphatic carbocycles. The highest BCUT2D eigenvalue weighted by Crippen LogP contribution is 2.17. The Kier molecular flexibility index (Phi) is 6.17. The number of hydrogen-bond acceptors (Lipinski definition) is 5. The van der Waals surface area contributed by atoms with Crippen molar-refractivity contribution in [3.05, 3.63) is 48.0 Å². The van der Waals surface area contributed by atoms with Crippen molar-refractivity contribution in [2.45, 2.75) is 26.3 Å². The maximum absolute atomic E-state index is 13.1. The third-order valence-corrected chi connectivity index (χ3v) is 4.42. The Balaban J connectivity index is 1.53. The van der Waals surface area contributed by atoms with E-state index in [1.807, 2.05) is 24.5 Å². The number of nitrogens with one attached hydrogen (secondary N) is 1. The van der Waals surface area contributed by atoms with Crippen LogP contribution in [0.1, 0.15) is 25.3 Å². The lowest BCUT2D eigenvalue weighted by Crippen LogP contribution is -2.30. The zero-order chi connectivity index (χ0) is 17.5. The molecule has 0 spiro atoms. The van der Waals surface area contributed by atoms with Crippen LogP contribution in [-0.4, -0.2) is 47.6 Å². The van der Waals surface area contributed by atoms with Gasteiger partial charge in [0.05, 0.1) is 0 Å². The Hall–Kier alpha value is -2.21. The molecule has 0 atom stereocenters. The minimum Gasteiger partial charge on any atom is -0.370 e. The third kappa shape index (κ3) is 5.13. The summed E-state index contributed by atoms with van der Waals surface area (Å²) >= 11 is 0. The number of benzene rings is 1. The van der Waals surface area contributed by atoms with Gasteiger partial charge >= 0.3 is 0 Å². The maximum atomic E-state index is 13.1. The Morgan fingerprint density at radius 2 is 1.80 bits per heavy atom. The summed E-state index contributed by atoms with van der Waals surface area (Å²) in [6, 6.07) is 6.79. The van der Waals surface area contributed by atoms with Gasteiger partial charge in [0, 0.05) is 62.9 Å². The van der Waals surface area contributed by atoms with E-state index >= 15 is 0 Å². The van der Waals surface area contributed by atoms with E-state index < -0.39 is 0 Å². The Labute approximate surface area is 148 Å². The van der Waals surface area contributed by atoms with E-state index in [-0.39, 0.29) is 5.82 Å². The van der Waals surface area contributed by atoms with Crippen LogP contribution in [0.5, 0.6) is 0 Å². The maximum Gasteiger partial charge on any atom is 0.222 e. The first-order valence-corrected chi connectivity index (χ1v) is 9.02. The minimum atomic E-state index is -0.183. The summed E-state index contributed by atoms with van der Waals surface area (Å²) in [7, 11) is 0. The quantitative estimate of drug-likeness (QED) is 0.873. The number of halogens is 1. The highest BCUT2D eigenvalue weighted by atomic mass is 19.1. The molecule has 6 heteroatoms. The fourth-order valence-electron chi connectivity index (χ4n) is 3.06. The molecule has 1 aliphatic heterocycles. The van der Waals surface area contributed by atoms with Crippen molar-refractivity contribution in [1.29, 1.82) is 0 Å². The summed E-state index contributed by atoms with van der Waals surface area (Å²) < 4.78 is 13.1. The van der Waals surface area contributed by atoms with E-state index in [1.54, 1.807) is 0 Å². The molecule has 1 aromatic carbocycles.